The van der Waals surface area contributed by atoms with Gasteiger partial charge in [-0.15, -0.1) is 0 Å². The topological polar surface area (TPSA) is 17.3 Å². The fraction of sp³-hybridized carbons (Fsp3) is 1.00. The quantitative estimate of drug-likeness (QED) is 0.438. The average molecular weight is 166 g/mol. The van der Waals surface area contributed by atoms with E-state index in [0.717, 1.165) is 13.1 Å². The molecule has 1 aliphatic rings. The molecule has 0 radical (unpaired) electrons. The van der Waals surface area contributed by atoms with Crippen LogP contribution in [0.25, 0.3) is 5.32 Å². The summed E-state index contributed by atoms with van der Waals surface area (Å²) in [5.74, 6) is 0. The summed E-state index contributed by atoms with van der Waals surface area (Å²) in [6.45, 7) is 4.51. The number of rotatable bonds is 2. The zero-order valence-electron chi connectivity index (χ0n) is 7.52. The Balaban J connectivity index is 0.000000810. The fourth-order valence-corrected chi connectivity index (χ4v) is 1.48. The molecule has 2 nitrogen and oxygen atoms in total. The Morgan fingerprint density at radius 2 is 2.00 bits per heavy atom. The Morgan fingerprint density at radius 3 is 2.10 bits per heavy atom. The zero-order valence-corrected chi connectivity index (χ0v) is 10.6. The van der Waals surface area contributed by atoms with Gasteiger partial charge in [-0.3, -0.25) is 0 Å². The minimum atomic E-state index is 0. The van der Waals surface area contributed by atoms with Gasteiger partial charge in [0.1, 0.15) is 0 Å². The number of hydrogen-bond donors (Lipinski definition) is 0. The van der Waals surface area contributed by atoms with E-state index in [0.29, 0.717) is 5.54 Å². The molecular weight excluding hydrogens is 151 g/mol. The van der Waals surface area contributed by atoms with Gasteiger partial charge in [-0.05, 0) is 20.1 Å². The second-order valence-electron chi connectivity index (χ2n) is 2.97. The summed E-state index contributed by atoms with van der Waals surface area (Å²) in [5, 5.41) is 4.35. The third-order valence-corrected chi connectivity index (χ3v) is 2.26. The van der Waals surface area contributed by atoms with Crippen molar-refractivity contribution < 1.29 is 51.4 Å². The van der Waals surface area contributed by atoms with Crippen molar-refractivity contribution in [3.05, 3.63) is 5.32 Å². The van der Waals surface area contributed by atoms with Crippen LogP contribution in [0.2, 0.25) is 0 Å². The normalized spacial score (nSPS) is 23.1. The minimum Gasteiger partial charge on any atom is -0.657 e. The van der Waals surface area contributed by atoms with Gasteiger partial charge in [-0.1, -0.05) is 18.9 Å². The first-order valence-corrected chi connectivity index (χ1v) is 3.52. The van der Waals surface area contributed by atoms with E-state index in [9.17, 15) is 0 Å². The smallest absolute Gasteiger partial charge is 0.657 e. The second kappa shape index (κ2) is 4.55. The monoisotopic (exact) mass is 166 g/mol. The second-order valence-corrected chi connectivity index (χ2v) is 2.97. The van der Waals surface area contributed by atoms with E-state index in [-0.39, 0.29) is 51.4 Å². The SMILES string of the molecule is CCC1([N-]C)CN(C)C1.[K+]. The summed E-state index contributed by atoms with van der Waals surface area (Å²) in [6, 6.07) is 0. The number of nitrogens with zero attached hydrogens (tertiary/aromatic N) is 2. The van der Waals surface area contributed by atoms with E-state index in [2.05, 4.69) is 24.2 Å². The Morgan fingerprint density at radius 1 is 1.50 bits per heavy atom. The molecule has 1 aliphatic heterocycles. The van der Waals surface area contributed by atoms with Gasteiger partial charge in [0.05, 0.1) is 0 Å². The fourth-order valence-electron chi connectivity index (χ4n) is 1.48. The maximum Gasteiger partial charge on any atom is 1.00 e. The van der Waals surface area contributed by atoms with Crippen LogP contribution in [0, 0.1) is 0 Å². The van der Waals surface area contributed by atoms with Crippen LogP contribution < -0.4 is 51.4 Å². The molecule has 0 saturated carbocycles. The molecule has 0 aliphatic carbocycles. The van der Waals surface area contributed by atoms with E-state index in [1.54, 1.807) is 0 Å². The van der Waals surface area contributed by atoms with E-state index in [1.165, 1.54) is 6.42 Å². The Hall–Kier alpha value is 1.56. The summed E-state index contributed by atoms with van der Waals surface area (Å²) >= 11 is 0. The van der Waals surface area contributed by atoms with Gasteiger partial charge >= 0.3 is 51.4 Å². The Labute approximate surface area is 106 Å². The van der Waals surface area contributed by atoms with Crippen LogP contribution in [-0.2, 0) is 0 Å². The van der Waals surface area contributed by atoms with Gasteiger partial charge in [0.25, 0.3) is 0 Å². The molecule has 0 atom stereocenters. The van der Waals surface area contributed by atoms with E-state index >= 15 is 0 Å². The molecule has 10 heavy (non-hydrogen) atoms. The summed E-state index contributed by atoms with van der Waals surface area (Å²) in [7, 11) is 4.07. The van der Waals surface area contributed by atoms with Crippen molar-refractivity contribution in [2.45, 2.75) is 18.9 Å². The minimum absolute atomic E-state index is 0. The summed E-state index contributed by atoms with van der Waals surface area (Å²) in [5.41, 5.74) is 0.328. The molecule has 1 saturated heterocycles. The molecule has 1 rings (SSSR count). The number of hydrogen-bond acceptors (Lipinski definition) is 1. The van der Waals surface area contributed by atoms with Gasteiger partial charge < -0.3 is 10.2 Å². The molecule has 0 aromatic carbocycles. The first kappa shape index (κ1) is 11.6. The molecule has 0 aromatic heterocycles. The van der Waals surface area contributed by atoms with Crippen LogP contribution in [-0.4, -0.2) is 37.6 Å². The van der Waals surface area contributed by atoms with Crippen LogP contribution in [0.1, 0.15) is 13.3 Å². The van der Waals surface area contributed by atoms with Crippen molar-refractivity contribution >= 4 is 0 Å². The molecule has 1 heterocycles. The molecular formula is C7H15KN2. The summed E-state index contributed by atoms with van der Waals surface area (Å²) < 4.78 is 0. The van der Waals surface area contributed by atoms with Crippen LogP contribution in [0.5, 0.6) is 0 Å². The Kier molecular flexibility index (Phi) is 5.26. The van der Waals surface area contributed by atoms with E-state index in [4.69, 9.17) is 0 Å². The Bertz CT molecular complexity index is 93.8. The summed E-state index contributed by atoms with van der Waals surface area (Å²) in [6.07, 6.45) is 1.19. The number of likely N-dealkylation sites (N-methyl/N-ethyl adjacent to an activating group) is 2. The van der Waals surface area contributed by atoms with Crippen molar-refractivity contribution in [2.24, 2.45) is 0 Å². The van der Waals surface area contributed by atoms with Crippen LogP contribution in [0.3, 0.4) is 0 Å². The average Bonchev–Trinajstić information content (AvgIpc) is 1.81. The predicted molar refractivity (Wildman–Crippen MR) is 39.8 cm³/mol. The van der Waals surface area contributed by atoms with Gasteiger partial charge in [0.2, 0.25) is 0 Å². The van der Waals surface area contributed by atoms with Crippen LogP contribution in [0.15, 0.2) is 0 Å². The third-order valence-electron chi connectivity index (χ3n) is 2.26. The molecule has 0 unspecified atom stereocenters. The molecule has 0 amide bonds. The first-order valence-electron chi connectivity index (χ1n) is 3.52. The van der Waals surface area contributed by atoms with Crippen molar-refractivity contribution in [3.8, 4) is 0 Å². The largest absolute Gasteiger partial charge is 1.00 e. The number of likely N-dealkylation sites (tertiary alicyclic amines) is 1. The van der Waals surface area contributed by atoms with Gasteiger partial charge in [-0.25, -0.2) is 0 Å². The maximum absolute atomic E-state index is 4.35. The molecule has 54 valence electrons. The van der Waals surface area contributed by atoms with Gasteiger partial charge in [0.15, 0.2) is 0 Å². The standard InChI is InChI=1S/C7H15N2.K/c1-4-7(8-2)5-9(3)6-7;/h4-6H2,1-3H3;/q-1;+1. The summed E-state index contributed by atoms with van der Waals surface area (Å²) in [4.78, 5) is 2.30. The first-order chi connectivity index (χ1) is 4.22. The van der Waals surface area contributed by atoms with E-state index in [1.807, 2.05) is 7.05 Å². The molecule has 0 N–H and O–H groups in total. The molecule has 0 aromatic rings. The van der Waals surface area contributed by atoms with Crippen molar-refractivity contribution in [3.63, 3.8) is 0 Å². The van der Waals surface area contributed by atoms with Crippen molar-refractivity contribution in [1.29, 1.82) is 0 Å². The van der Waals surface area contributed by atoms with Crippen LogP contribution >= 0.6 is 0 Å². The molecule has 0 bridgehead atoms. The molecule has 1 fully saturated rings. The van der Waals surface area contributed by atoms with Gasteiger partial charge in [-0.2, -0.15) is 7.05 Å². The predicted octanol–water partition coefficient (Wildman–Crippen LogP) is -1.91. The maximum atomic E-state index is 4.35. The zero-order chi connectivity index (χ0) is 6.91. The van der Waals surface area contributed by atoms with Crippen molar-refractivity contribution in [1.82, 2.24) is 4.90 Å². The third kappa shape index (κ3) is 2.27. The van der Waals surface area contributed by atoms with Crippen LogP contribution in [0.4, 0.5) is 0 Å². The van der Waals surface area contributed by atoms with Gasteiger partial charge in [0, 0.05) is 0 Å². The molecule has 3 heteroatoms. The van der Waals surface area contributed by atoms with Crippen molar-refractivity contribution in [2.75, 3.05) is 27.2 Å². The molecule has 0 spiro atoms. The van der Waals surface area contributed by atoms with E-state index < -0.39 is 0 Å².